The molecule has 0 spiro atoms. The lowest BCUT2D eigenvalue weighted by molar-refractivity contribution is 0.0814. The van der Waals surface area contributed by atoms with Crippen LogP contribution < -0.4 is 0 Å². The van der Waals surface area contributed by atoms with Gasteiger partial charge in [0.25, 0.3) is 0 Å². The Kier molecular flexibility index (Phi) is 2.81. The number of hydrogen-bond acceptors (Lipinski definition) is 5. The largest absolute Gasteiger partial charge is 0.508 e. The number of phenolic OH excluding ortho intramolecular Hbond substituents is 1. The molecular formula is C18H10N2O3. The maximum Gasteiger partial charge on any atom is 0.235 e. The minimum absolute atomic E-state index is 0.166. The van der Waals surface area contributed by atoms with Crippen molar-refractivity contribution in [2.75, 3.05) is 0 Å². The van der Waals surface area contributed by atoms with Crippen LogP contribution in [0.4, 0.5) is 0 Å². The van der Waals surface area contributed by atoms with Gasteiger partial charge in [-0.05, 0) is 48.5 Å². The van der Waals surface area contributed by atoms with Crippen molar-refractivity contribution in [1.29, 1.82) is 0 Å². The quantitative estimate of drug-likeness (QED) is 0.699. The Morgan fingerprint density at radius 3 is 2.22 bits per heavy atom. The summed E-state index contributed by atoms with van der Waals surface area (Å²) in [6.45, 7) is 0. The number of rotatable bonds is 1. The number of hydrogen-bond donors (Lipinski definition) is 1. The first-order valence-electron chi connectivity index (χ1n) is 7.00. The van der Waals surface area contributed by atoms with Crippen molar-refractivity contribution in [1.82, 2.24) is 9.97 Å². The third kappa shape index (κ3) is 2.02. The van der Waals surface area contributed by atoms with E-state index in [4.69, 9.17) is 0 Å². The summed E-state index contributed by atoms with van der Waals surface area (Å²) in [5, 5.41) is 9.38. The molecule has 0 fully saturated rings. The number of benzene rings is 1. The first-order valence-corrected chi connectivity index (χ1v) is 7.00. The molecule has 1 N–H and O–H groups in total. The van der Waals surface area contributed by atoms with Gasteiger partial charge < -0.3 is 5.11 Å². The minimum atomic E-state index is -0.565. The Morgan fingerprint density at radius 1 is 0.783 bits per heavy atom. The van der Waals surface area contributed by atoms with Gasteiger partial charge in [-0.1, -0.05) is 0 Å². The van der Waals surface area contributed by atoms with Gasteiger partial charge in [0.05, 0.1) is 16.8 Å². The van der Waals surface area contributed by atoms with E-state index in [1.54, 1.807) is 54.7 Å². The van der Waals surface area contributed by atoms with Crippen LogP contribution in [0.15, 0.2) is 54.7 Å². The molecule has 2 heterocycles. The van der Waals surface area contributed by atoms with Crippen molar-refractivity contribution in [2.45, 2.75) is 0 Å². The molecule has 0 unspecified atom stereocenters. The van der Waals surface area contributed by atoms with E-state index in [0.29, 0.717) is 17.1 Å². The predicted molar refractivity (Wildman–Crippen MR) is 83.2 cm³/mol. The van der Waals surface area contributed by atoms with E-state index in [-0.39, 0.29) is 16.9 Å². The molecule has 5 nitrogen and oxygen atoms in total. The Labute approximate surface area is 131 Å². The molecule has 0 radical (unpaired) electrons. The Balaban J connectivity index is 1.94. The number of aromatic nitrogens is 2. The highest BCUT2D eigenvalue weighted by Crippen LogP contribution is 2.32. The lowest BCUT2D eigenvalue weighted by Gasteiger charge is -2.16. The van der Waals surface area contributed by atoms with E-state index in [1.165, 1.54) is 0 Å². The maximum atomic E-state index is 12.2. The van der Waals surface area contributed by atoms with Gasteiger partial charge in [-0.15, -0.1) is 0 Å². The molecule has 2 aromatic heterocycles. The van der Waals surface area contributed by atoms with Crippen LogP contribution in [-0.4, -0.2) is 26.6 Å². The molecule has 4 rings (SSSR count). The Hall–Kier alpha value is -3.34. The smallest absolute Gasteiger partial charge is 0.235 e. The predicted octanol–water partition coefficient (Wildman–Crippen LogP) is 2.90. The van der Waals surface area contributed by atoms with Crippen molar-refractivity contribution in [3.05, 3.63) is 65.9 Å². The van der Waals surface area contributed by atoms with Crippen LogP contribution in [0.2, 0.25) is 0 Å². The van der Waals surface area contributed by atoms with Gasteiger partial charge >= 0.3 is 0 Å². The number of ketones is 2. The van der Waals surface area contributed by atoms with Crippen LogP contribution in [-0.2, 0) is 0 Å². The van der Waals surface area contributed by atoms with Gasteiger partial charge in [0.2, 0.25) is 11.6 Å². The molecular weight excluding hydrogens is 292 g/mol. The fraction of sp³-hybridized carbons (Fsp3) is 0. The maximum absolute atomic E-state index is 12.2. The highest BCUT2D eigenvalue weighted by atomic mass is 16.3. The van der Waals surface area contributed by atoms with E-state index in [1.807, 2.05) is 0 Å². The summed E-state index contributed by atoms with van der Waals surface area (Å²) in [7, 11) is 0. The van der Waals surface area contributed by atoms with E-state index in [9.17, 15) is 14.7 Å². The second-order valence-corrected chi connectivity index (χ2v) is 5.20. The van der Waals surface area contributed by atoms with Crippen molar-refractivity contribution in [2.24, 2.45) is 0 Å². The SMILES string of the molecule is O=C1C(=O)c2ccc(-c3ccc(O)cc3)nc2-c2ncccc21. The molecule has 0 amide bonds. The number of pyridine rings is 2. The van der Waals surface area contributed by atoms with Gasteiger partial charge in [0.15, 0.2) is 0 Å². The summed E-state index contributed by atoms with van der Waals surface area (Å²) < 4.78 is 0. The molecule has 0 saturated carbocycles. The molecule has 1 aromatic carbocycles. The highest BCUT2D eigenvalue weighted by Gasteiger charge is 2.32. The summed E-state index contributed by atoms with van der Waals surface area (Å²) >= 11 is 0. The van der Waals surface area contributed by atoms with Crippen LogP contribution in [0.1, 0.15) is 20.7 Å². The number of aromatic hydroxyl groups is 1. The molecule has 3 aromatic rings. The summed E-state index contributed by atoms with van der Waals surface area (Å²) in [5.74, 6) is -0.954. The normalized spacial score (nSPS) is 12.7. The van der Waals surface area contributed by atoms with Crippen LogP contribution in [0.5, 0.6) is 5.75 Å². The summed E-state index contributed by atoms with van der Waals surface area (Å²) in [6.07, 6.45) is 1.57. The third-order valence-electron chi connectivity index (χ3n) is 3.79. The molecule has 1 aliphatic carbocycles. The van der Waals surface area contributed by atoms with Gasteiger partial charge in [-0.25, -0.2) is 4.98 Å². The van der Waals surface area contributed by atoms with Crippen molar-refractivity contribution < 1.29 is 14.7 Å². The Morgan fingerprint density at radius 2 is 1.48 bits per heavy atom. The van der Waals surface area contributed by atoms with E-state index in [0.717, 1.165) is 5.56 Å². The van der Waals surface area contributed by atoms with Gasteiger partial charge in [-0.3, -0.25) is 14.6 Å². The zero-order valence-corrected chi connectivity index (χ0v) is 11.9. The van der Waals surface area contributed by atoms with E-state index >= 15 is 0 Å². The zero-order chi connectivity index (χ0) is 16.0. The number of Topliss-reactive ketones (excluding diaryl/α,β-unsaturated/α-hetero) is 2. The third-order valence-corrected chi connectivity index (χ3v) is 3.79. The standard InChI is InChI=1S/C18H10N2O3/c21-11-5-3-10(4-6-11)14-8-7-13-16(20-14)15-12(2-1-9-19-15)17(22)18(13)23/h1-9,21H. The van der Waals surface area contributed by atoms with E-state index in [2.05, 4.69) is 9.97 Å². The summed E-state index contributed by atoms with van der Waals surface area (Å²) in [4.78, 5) is 33.1. The number of fused-ring (bicyclic) bond motifs is 3. The van der Waals surface area contributed by atoms with Crippen molar-refractivity contribution in [3.63, 3.8) is 0 Å². The first-order chi connectivity index (χ1) is 11.1. The molecule has 0 atom stereocenters. The summed E-state index contributed by atoms with van der Waals surface area (Å²) in [5.41, 5.74) is 2.82. The average molecular weight is 302 g/mol. The number of carbonyl (C=O) groups is 2. The summed E-state index contributed by atoms with van der Waals surface area (Å²) in [6, 6.07) is 13.1. The molecule has 0 aliphatic heterocycles. The monoisotopic (exact) mass is 302 g/mol. The van der Waals surface area contributed by atoms with Gasteiger partial charge in [0, 0.05) is 11.8 Å². The van der Waals surface area contributed by atoms with E-state index < -0.39 is 11.6 Å². The number of nitrogens with zero attached hydrogens (tertiary/aromatic N) is 2. The topological polar surface area (TPSA) is 80.2 Å². The Bertz CT molecular complexity index is 962. The molecule has 0 bridgehead atoms. The van der Waals surface area contributed by atoms with Crippen LogP contribution in [0, 0.1) is 0 Å². The van der Waals surface area contributed by atoms with Crippen LogP contribution >= 0.6 is 0 Å². The highest BCUT2D eigenvalue weighted by molar-refractivity contribution is 6.52. The molecule has 23 heavy (non-hydrogen) atoms. The fourth-order valence-electron chi connectivity index (χ4n) is 2.64. The van der Waals surface area contributed by atoms with Gasteiger partial charge in [-0.2, -0.15) is 0 Å². The van der Waals surface area contributed by atoms with Crippen LogP contribution in [0.3, 0.4) is 0 Å². The molecule has 0 saturated heterocycles. The number of phenols is 1. The zero-order valence-electron chi connectivity index (χ0n) is 11.9. The van der Waals surface area contributed by atoms with Gasteiger partial charge in [0.1, 0.15) is 17.1 Å². The lowest BCUT2D eigenvalue weighted by atomic mass is 9.90. The fourth-order valence-corrected chi connectivity index (χ4v) is 2.64. The minimum Gasteiger partial charge on any atom is -0.508 e. The second-order valence-electron chi connectivity index (χ2n) is 5.20. The van der Waals surface area contributed by atoms with Crippen LogP contribution in [0.25, 0.3) is 22.6 Å². The molecule has 110 valence electrons. The lowest BCUT2D eigenvalue weighted by Crippen LogP contribution is -2.22. The average Bonchev–Trinajstić information content (AvgIpc) is 2.60. The molecule has 1 aliphatic rings. The first kappa shape index (κ1) is 13.3. The van der Waals surface area contributed by atoms with Crippen molar-refractivity contribution >= 4 is 11.6 Å². The second kappa shape index (κ2) is 4.84. The molecule has 5 heteroatoms. The van der Waals surface area contributed by atoms with Crippen molar-refractivity contribution in [3.8, 4) is 28.4 Å². The number of carbonyl (C=O) groups excluding carboxylic acids is 2.